The Bertz CT molecular complexity index is 601. The third kappa shape index (κ3) is 2.21. The van der Waals surface area contributed by atoms with Crippen molar-refractivity contribution in [3.8, 4) is 5.75 Å². The number of fused-ring (bicyclic) bond motifs is 3. The van der Waals surface area contributed by atoms with Crippen LogP contribution >= 0.6 is 0 Å². The van der Waals surface area contributed by atoms with Crippen molar-refractivity contribution in [1.82, 2.24) is 0 Å². The van der Waals surface area contributed by atoms with Crippen molar-refractivity contribution in [3.05, 3.63) is 34.4 Å². The van der Waals surface area contributed by atoms with E-state index in [0.29, 0.717) is 0 Å². The van der Waals surface area contributed by atoms with Crippen LogP contribution in [0.4, 0.5) is 0 Å². The van der Waals surface area contributed by atoms with Crippen LogP contribution in [-0.4, -0.2) is 11.8 Å². The van der Waals surface area contributed by atoms with E-state index in [0.717, 1.165) is 24.2 Å². The van der Waals surface area contributed by atoms with Crippen LogP contribution in [0.15, 0.2) is 12.1 Å². The van der Waals surface area contributed by atoms with Gasteiger partial charge < -0.3 is 9.47 Å². The number of hydrogen-bond acceptors (Lipinski definition) is 3. The Hall–Kier alpha value is -1.77. The molecule has 0 saturated carbocycles. The molecule has 0 N–H and O–H groups in total. The Labute approximate surface area is 119 Å². The molecule has 0 spiro atoms. The van der Waals surface area contributed by atoms with E-state index in [1.165, 1.54) is 36.5 Å². The quantitative estimate of drug-likeness (QED) is 0.733. The van der Waals surface area contributed by atoms with Crippen molar-refractivity contribution in [3.63, 3.8) is 0 Å². The predicted octanol–water partition coefficient (Wildman–Crippen LogP) is 3.56. The number of hydrogen-bond donors (Lipinski definition) is 0. The van der Waals surface area contributed by atoms with Crippen LogP contribution in [0.1, 0.15) is 48.9 Å². The molecule has 0 saturated heterocycles. The molecule has 2 aliphatic rings. The molecule has 3 nitrogen and oxygen atoms in total. The number of carbonyl (C=O) groups excluding carboxylic acids is 1. The van der Waals surface area contributed by atoms with Gasteiger partial charge in [0, 0.05) is 19.4 Å². The smallest absolute Gasteiger partial charge is 0.306 e. The molecule has 1 atom stereocenters. The van der Waals surface area contributed by atoms with Crippen LogP contribution in [-0.2, 0) is 22.4 Å². The topological polar surface area (TPSA) is 35.5 Å². The van der Waals surface area contributed by atoms with Gasteiger partial charge in [0.25, 0.3) is 5.79 Å². The zero-order valence-electron chi connectivity index (χ0n) is 12.3. The Morgan fingerprint density at radius 2 is 2.10 bits per heavy atom. The number of aryl methyl sites for hydroxylation is 2. The van der Waals surface area contributed by atoms with Crippen LogP contribution in [0, 0.1) is 6.92 Å². The highest BCUT2D eigenvalue weighted by Crippen LogP contribution is 2.41. The molecule has 0 fully saturated rings. The number of carbonyl (C=O) groups is 1. The highest BCUT2D eigenvalue weighted by molar-refractivity contribution is 5.70. The third-order valence-corrected chi connectivity index (χ3v) is 4.05. The molecule has 1 aliphatic carbocycles. The van der Waals surface area contributed by atoms with E-state index in [-0.39, 0.29) is 5.97 Å². The van der Waals surface area contributed by atoms with Crippen LogP contribution in [0.2, 0.25) is 0 Å². The van der Waals surface area contributed by atoms with Crippen LogP contribution in [0.25, 0.3) is 6.08 Å². The highest BCUT2D eigenvalue weighted by atomic mass is 16.7. The van der Waals surface area contributed by atoms with Gasteiger partial charge in [0.1, 0.15) is 5.75 Å². The van der Waals surface area contributed by atoms with Gasteiger partial charge in [0.2, 0.25) is 0 Å². The van der Waals surface area contributed by atoms with Gasteiger partial charge in [-0.25, -0.2) is 0 Å². The summed E-state index contributed by atoms with van der Waals surface area (Å²) in [6.07, 6.45) is 8.43. The summed E-state index contributed by atoms with van der Waals surface area (Å²) in [6, 6.07) is 2.27. The minimum Gasteiger partial charge on any atom is -0.448 e. The Balaban J connectivity index is 2.07. The second kappa shape index (κ2) is 4.65. The van der Waals surface area contributed by atoms with Crippen molar-refractivity contribution < 1.29 is 14.3 Å². The molecule has 0 amide bonds. The van der Waals surface area contributed by atoms with Gasteiger partial charge in [0.15, 0.2) is 0 Å². The van der Waals surface area contributed by atoms with Crippen molar-refractivity contribution >= 4 is 12.0 Å². The van der Waals surface area contributed by atoms with Crippen LogP contribution in [0.3, 0.4) is 0 Å². The summed E-state index contributed by atoms with van der Waals surface area (Å²) in [5.41, 5.74) is 5.02. The first-order chi connectivity index (χ1) is 9.48. The minimum atomic E-state index is -0.988. The molecule has 106 valence electrons. The molecule has 3 heteroatoms. The van der Waals surface area contributed by atoms with E-state index in [9.17, 15) is 4.79 Å². The Morgan fingerprint density at radius 1 is 1.35 bits per heavy atom. The van der Waals surface area contributed by atoms with Crippen LogP contribution < -0.4 is 4.74 Å². The number of rotatable bonds is 1. The molecule has 1 aromatic rings. The van der Waals surface area contributed by atoms with Gasteiger partial charge in [-0.2, -0.15) is 0 Å². The fraction of sp³-hybridized carbons (Fsp3) is 0.471. The monoisotopic (exact) mass is 272 g/mol. The predicted molar refractivity (Wildman–Crippen MR) is 77.7 cm³/mol. The fourth-order valence-corrected chi connectivity index (χ4v) is 3.16. The number of ether oxygens (including phenoxy) is 2. The Morgan fingerprint density at radius 3 is 2.85 bits per heavy atom. The maximum absolute atomic E-state index is 11.2. The van der Waals surface area contributed by atoms with Crippen molar-refractivity contribution in [2.45, 2.75) is 52.2 Å². The normalized spacial score (nSPS) is 23.6. The summed E-state index contributed by atoms with van der Waals surface area (Å²) in [7, 11) is 0. The molecule has 0 aromatic heterocycles. The zero-order valence-corrected chi connectivity index (χ0v) is 12.3. The highest BCUT2D eigenvalue weighted by Gasteiger charge is 2.33. The molecule has 1 heterocycles. The lowest BCUT2D eigenvalue weighted by Gasteiger charge is -2.34. The van der Waals surface area contributed by atoms with Gasteiger partial charge >= 0.3 is 5.97 Å². The molecule has 0 radical (unpaired) electrons. The standard InChI is InChI=1S/C17H20O3/c1-11-10-13-6-4-5-7-15(13)16-14(11)8-9-17(3,20-16)19-12(2)18/h8-10H,4-7H2,1-3H3. The molecular formula is C17H20O3. The molecule has 1 aliphatic heterocycles. The van der Waals surface area contributed by atoms with Gasteiger partial charge in [-0.05, 0) is 61.4 Å². The van der Waals surface area contributed by atoms with Crippen molar-refractivity contribution in [1.29, 1.82) is 0 Å². The third-order valence-electron chi connectivity index (χ3n) is 4.05. The van der Waals surface area contributed by atoms with E-state index in [1.807, 2.05) is 12.2 Å². The maximum atomic E-state index is 11.2. The van der Waals surface area contributed by atoms with Crippen LogP contribution in [0.5, 0.6) is 5.75 Å². The first-order valence-corrected chi connectivity index (χ1v) is 7.22. The average Bonchev–Trinajstić information content (AvgIpc) is 2.37. The summed E-state index contributed by atoms with van der Waals surface area (Å²) < 4.78 is 11.4. The van der Waals surface area contributed by atoms with Gasteiger partial charge in [-0.15, -0.1) is 0 Å². The lowest BCUT2D eigenvalue weighted by molar-refractivity contribution is -0.175. The maximum Gasteiger partial charge on any atom is 0.306 e. The number of benzene rings is 1. The van der Waals surface area contributed by atoms with Gasteiger partial charge in [0.05, 0.1) is 0 Å². The molecule has 3 rings (SSSR count). The summed E-state index contributed by atoms with van der Waals surface area (Å²) in [4.78, 5) is 11.2. The van der Waals surface area contributed by atoms with E-state index >= 15 is 0 Å². The van der Waals surface area contributed by atoms with E-state index < -0.39 is 5.79 Å². The molecular weight excluding hydrogens is 252 g/mol. The average molecular weight is 272 g/mol. The van der Waals surface area contributed by atoms with Gasteiger partial charge in [-0.1, -0.05) is 6.07 Å². The SMILES string of the molecule is CC(=O)OC1(C)C=Cc2c(C)cc3c(c2O1)CCCC3. The van der Waals surface area contributed by atoms with E-state index in [2.05, 4.69) is 13.0 Å². The zero-order chi connectivity index (χ0) is 14.3. The molecule has 1 unspecified atom stereocenters. The first-order valence-electron chi connectivity index (χ1n) is 7.22. The van der Waals surface area contributed by atoms with Gasteiger partial charge in [-0.3, -0.25) is 4.79 Å². The number of esters is 1. The largest absolute Gasteiger partial charge is 0.448 e. The summed E-state index contributed by atoms with van der Waals surface area (Å²) in [6.45, 7) is 5.30. The van der Waals surface area contributed by atoms with E-state index in [1.54, 1.807) is 6.92 Å². The lowest BCUT2D eigenvalue weighted by atomic mass is 9.86. The summed E-state index contributed by atoms with van der Waals surface area (Å²) in [5, 5.41) is 0. The lowest BCUT2D eigenvalue weighted by Crippen LogP contribution is -2.37. The molecule has 0 bridgehead atoms. The Kier molecular flexibility index (Phi) is 3.08. The second-order valence-corrected chi connectivity index (χ2v) is 5.83. The second-order valence-electron chi connectivity index (χ2n) is 5.83. The minimum absolute atomic E-state index is 0.331. The van der Waals surface area contributed by atoms with Crippen molar-refractivity contribution in [2.75, 3.05) is 0 Å². The molecule has 20 heavy (non-hydrogen) atoms. The first kappa shape index (κ1) is 13.2. The summed E-state index contributed by atoms with van der Waals surface area (Å²) >= 11 is 0. The molecule has 1 aromatic carbocycles. The van der Waals surface area contributed by atoms with E-state index in [4.69, 9.17) is 9.47 Å². The fourth-order valence-electron chi connectivity index (χ4n) is 3.16. The summed E-state index contributed by atoms with van der Waals surface area (Å²) in [5.74, 6) is -0.411. The van der Waals surface area contributed by atoms with Crippen molar-refractivity contribution in [2.24, 2.45) is 0 Å².